The summed E-state index contributed by atoms with van der Waals surface area (Å²) in [4.78, 5) is 12.5. The zero-order valence-corrected chi connectivity index (χ0v) is 15.6. The molecule has 0 spiro atoms. The maximum Gasteiger partial charge on any atom is 0.262 e. The first kappa shape index (κ1) is 19.0. The third kappa shape index (κ3) is 5.33. The van der Waals surface area contributed by atoms with Gasteiger partial charge in [-0.05, 0) is 49.1 Å². The number of hydrazone groups is 1. The monoisotopic (exact) mass is 357 g/mol. The van der Waals surface area contributed by atoms with E-state index < -0.39 is 0 Å². The van der Waals surface area contributed by atoms with Gasteiger partial charge < -0.3 is 5.32 Å². The maximum absolute atomic E-state index is 12.5. The largest absolute Gasteiger partial charge is 0.373 e. The van der Waals surface area contributed by atoms with Crippen LogP contribution >= 0.6 is 11.6 Å². The van der Waals surface area contributed by atoms with E-state index in [0.717, 1.165) is 28.9 Å². The van der Waals surface area contributed by atoms with Gasteiger partial charge >= 0.3 is 0 Å². The number of nitrogens with zero attached hydrogens (tertiary/aromatic N) is 1. The first-order valence-electron chi connectivity index (χ1n) is 8.49. The Morgan fingerprint density at radius 3 is 2.48 bits per heavy atom. The summed E-state index contributed by atoms with van der Waals surface area (Å²) in [6.45, 7) is 5.94. The Hall–Kier alpha value is -2.33. The number of benzene rings is 2. The molecular formula is C20H24ClN3O. The van der Waals surface area contributed by atoms with E-state index in [1.54, 1.807) is 0 Å². The molecular weight excluding hydrogens is 334 g/mol. The molecule has 1 amide bonds. The average Bonchev–Trinajstić information content (AvgIpc) is 2.62. The minimum absolute atomic E-state index is 0.154. The van der Waals surface area contributed by atoms with E-state index in [1.165, 1.54) is 0 Å². The number of amides is 1. The summed E-state index contributed by atoms with van der Waals surface area (Å²) >= 11 is 5.98. The highest BCUT2D eigenvalue weighted by Gasteiger charge is 2.17. The molecule has 2 aromatic carbocycles. The lowest BCUT2D eigenvalue weighted by molar-refractivity contribution is -0.121. The number of hydrogen-bond donors (Lipinski definition) is 2. The van der Waals surface area contributed by atoms with Crippen molar-refractivity contribution < 1.29 is 4.79 Å². The van der Waals surface area contributed by atoms with Crippen molar-refractivity contribution in [3.63, 3.8) is 0 Å². The molecule has 0 aliphatic carbocycles. The summed E-state index contributed by atoms with van der Waals surface area (Å²) in [6, 6.07) is 15.1. The van der Waals surface area contributed by atoms with Gasteiger partial charge in [-0.3, -0.25) is 4.79 Å². The van der Waals surface area contributed by atoms with Gasteiger partial charge in [0.25, 0.3) is 5.91 Å². The van der Waals surface area contributed by atoms with E-state index in [0.29, 0.717) is 11.4 Å². The van der Waals surface area contributed by atoms with Crippen LogP contribution in [0.1, 0.15) is 37.8 Å². The number of rotatable bonds is 7. The fraction of sp³-hybridized carbons (Fsp3) is 0.300. The van der Waals surface area contributed by atoms with Crippen molar-refractivity contribution in [1.29, 1.82) is 0 Å². The zero-order valence-electron chi connectivity index (χ0n) is 14.8. The predicted octanol–water partition coefficient (Wildman–Crippen LogP) is 4.77. The Morgan fingerprint density at radius 2 is 1.88 bits per heavy atom. The average molecular weight is 358 g/mol. The van der Waals surface area contributed by atoms with E-state index in [-0.39, 0.29) is 11.9 Å². The second-order valence-electron chi connectivity index (χ2n) is 5.82. The van der Waals surface area contributed by atoms with Crippen LogP contribution in [0.25, 0.3) is 0 Å². The number of halogens is 1. The molecule has 2 aromatic rings. The second kappa shape index (κ2) is 9.23. The summed E-state index contributed by atoms with van der Waals surface area (Å²) in [6.07, 6.45) is 1.39. The number of nitrogens with one attached hydrogen (secondary N) is 2. The zero-order chi connectivity index (χ0) is 18.2. The lowest BCUT2D eigenvalue weighted by atomic mass is 10.1. The molecule has 4 nitrogen and oxygen atoms in total. The highest BCUT2D eigenvalue weighted by Crippen LogP contribution is 2.20. The molecule has 0 unspecified atom stereocenters. The third-order valence-corrected chi connectivity index (χ3v) is 4.22. The first-order chi connectivity index (χ1) is 12.0. The number of aryl methyl sites for hydroxylation is 1. The number of anilines is 1. The van der Waals surface area contributed by atoms with Crippen LogP contribution in [0.5, 0.6) is 0 Å². The van der Waals surface area contributed by atoms with Crippen LogP contribution in [-0.4, -0.2) is 17.7 Å². The van der Waals surface area contributed by atoms with Gasteiger partial charge in [0, 0.05) is 10.7 Å². The molecule has 1 atom stereocenters. The molecule has 25 heavy (non-hydrogen) atoms. The van der Waals surface area contributed by atoms with Crippen LogP contribution in [0, 0.1) is 6.92 Å². The lowest BCUT2D eigenvalue weighted by Gasteiger charge is -2.18. The second-order valence-corrected chi connectivity index (χ2v) is 6.25. The molecule has 0 bridgehead atoms. The van der Waals surface area contributed by atoms with Crippen LogP contribution < -0.4 is 10.7 Å². The van der Waals surface area contributed by atoms with E-state index in [2.05, 4.69) is 15.8 Å². The minimum atomic E-state index is -0.363. The predicted molar refractivity (Wildman–Crippen MR) is 105 cm³/mol. The number of hydrogen-bond acceptors (Lipinski definition) is 3. The number of carbonyl (C=O) groups excluding carboxylic acids is 1. The quantitative estimate of drug-likeness (QED) is 0.554. The lowest BCUT2D eigenvalue weighted by Crippen LogP contribution is -2.37. The summed E-state index contributed by atoms with van der Waals surface area (Å²) in [5.74, 6) is -0.154. The number of carbonyl (C=O) groups is 1. The normalized spacial score (nSPS) is 12.6. The Bertz CT molecular complexity index is 744. The van der Waals surface area contributed by atoms with Gasteiger partial charge in [-0.15, -0.1) is 0 Å². The minimum Gasteiger partial charge on any atom is -0.373 e. The van der Waals surface area contributed by atoms with Crippen molar-refractivity contribution in [1.82, 2.24) is 5.43 Å². The standard InChI is InChI=1S/C20H24ClN3O/c1-4-17(15-9-7-6-8-10-15)23-24-20(25)18(5-2)22-19-12-11-16(21)13-14(19)3/h6-13,18,22H,4-5H2,1-3H3,(H,24,25)/b23-17-/t18-/m1/s1. The van der Waals surface area contributed by atoms with E-state index in [1.807, 2.05) is 69.3 Å². The molecule has 0 heterocycles. The highest BCUT2D eigenvalue weighted by atomic mass is 35.5. The molecule has 132 valence electrons. The van der Waals surface area contributed by atoms with Crippen molar-refractivity contribution in [2.75, 3.05) is 5.32 Å². The van der Waals surface area contributed by atoms with Crippen molar-refractivity contribution in [3.8, 4) is 0 Å². The van der Waals surface area contributed by atoms with Crippen molar-refractivity contribution >= 4 is 28.9 Å². The Balaban J connectivity index is 2.07. The smallest absolute Gasteiger partial charge is 0.262 e. The van der Waals surface area contributed by atoms with E-state index in [9.17, 15) is 4.79 Å². The van der Waals surface area contributed by atoms with Gasteiger partial charge in [-0.25, -0.2) is 5.43 Å². The molecule has 0 aromatic heterocycles. The Kier molecular flexibility index (Phi) is 7.02. The Labute approximate surface area is 154 Å². The Morgan fingerprint density at radius 1 is 1.16 bits per heavy atom. The summed E-state index contributed by atoms with van der Waals surface area (Å²) in [7, 11) is 0. The molecule has 0 aliphatic rings. The molecule has 5 heteroatoms. The van der Waals surface area contributed by atoms with Gasteiger partial charge in [0.2, 0.25) is 0 Å². The van der Waals surface area contributed by atoms with Gasteiger partial charge in [-0.2, -0.15) is 5.10 Å². The molecule has 2 N–H and O–H groups in total. The molecule has 0 saturated carbocycles. The van der Waals surface area contributed by atoms with Crippen LogP contribution in [0.15, 0.2) is 53.6 Å². The van der Waals surface area contributed by atoms with Crippen molar-refractivity contribution in [2.45, 2.75) is 39.7 Å². The van der Waals surface area contributed by atoms with Crippen LogP contribution in [0.3, 0.4) is 0 Å². The van der Waals surface area contributed by atoms with Crippen LogP contribution in [0.2, 0.25) is 5.02 Å². The van der Waals surface area contributed by atoms with Gasteiger partial charge in [0.05, 0.1) is 5.71 Å². The van der Waals surface area contributed by atoms with Gasteiger partial charge in [-0.1, -0.05) is 55.8 Å². The summed E-state index contributed by atoms with van der Waals surface area (Å²) < 4.78 is 0. The summed E-state index contributed by atoms with van der Waals surface area (Å²) in [5.41, 5.74) is 6.46. The summed E-state index contributed by atoms with van der Waals surface area (Å²) in [5, 5.41) is 8.26. The van der Waals surface area contributed by atoms with Crippen molar-refractivity contribution in [2.24, 2.45) is 5.10 Å². The molecule has 2 rings (SSSR count). The highest BCUT2D eigenvalue weighted by molar-refractivity contribution is 6.30. The van der Waals surface area contributed by atoms with Crippen molar-refractivity contribution in [3.05, 3.63) is 64.7 Å². The molecule has 0 saturated heterocycles. The molecule has 0 radical (unpaired) electrons. The maximum atomic E-state index is 12.5. The molecule has 0 fully saturated rings. The van der Waals surface area contributed by atoms with E-state index >= 15 is 0 Å². The third-order valence-electron chi connectivity index (χ3n) is 3.99. The fourth-order valence-corrected chi connectivity index (χ4v) is 2.74. The first-order valence-corrected chi connectivity index (χ1v) is 8.87. The molecule has 0 aliphatic heterocycles. The SMILES string of the molecule is CC/C(=N/NC(=O)[C@@H](CC)Nc1ccc(Cl)cc1C)c1ccccc1. The fourth-order valence-electron chi connectivity index (χ4n) is 2.51. The van der Waals surface area contributed by atoms with Crippen LogP contribution in [-0.2, 0) is 4.79 Å². The van der Waals surface area contributed by atoms with Gasteiger partial charge in [0.15, 0.2) is 0 Å². The van der Waals surface area contributed by atoms with Crippen LogP contribution in [0.4, 0.5) is 5.69 Å². The topological polar surface area (TPSA) is 53.5 Å². The van der Waals surface area contributed by atoms with Gasteiger partial charge in [0.1, 0.15) is 6.04 Å². The van der Waals surface area contributed by atoms with E-state index in [4.69, 9.17) is 11.6 Å².